The van der Waals surface area contributed by atoms with Crippen molar-refractivity contribution in [1.29, 1.82) is 0 Å². The lowest BCUT2D eigenvalue weighted by Gasteiger charge is -2.34. The molecule has 0 aliphatic carbocycles. The van der Waals surface area contributed by atoms with Crippen molar-refractivity contribution >= 4 is 33.4 Å². The fourth-order valence-electron chi connectivity index (χ4n) is 2.34. The summed E-state index contributed by atoms with van der Waals surface area (Å²) in [6, 6.07) is 7.87. The van der Waals surface area contributed by atoms with Crippen molar-refractivity contribution < 1.29 is 9.59 Å². The lowest BCUT2D eigenvalue weighted by Crippen LogP contribution is -2.50. The van der Waals surface area contributed by atoms with Crippen molar-refractivity contribution in [2.24, 2.45) is 0 Å². The number of nitrogens with one attached hydrogen (secondary N) is 1. The van der Waals surface area contributed by atoms with E-state index in [9.17, 15) is 9.59 Å². The molecular formula is C15H20BrN3O2. The maximum absolute atomic E-state index is 12.1. The predicted molar refractivity (Wildman–Crippen MR) is 86.1 cm³/mol. The van der Waals surface area contributed by atoms with Crippen LogP contribution in [0.1, 0.15) is 13.3 Å². The smallest absolute Gasteiger partial charge is 0.224 e. The van der Waals surface area contributed by atoms with Crippen LogP contribution in [0.2, 0.25) is 0 Å². The SMILES string of the molecule is CC(=O)N1CCN(C(=O)CCNc2cccc(Br)c2)CC1. The van der Waals surface area contributed by atoms with Gasteiger partial charge in [0, 0.05) is 56.2 Å². The number of hydrogen-bond donors (Lipinski definition) is 1. The van der Waals surface area contributed by atoms with E-state index in [1.54, 1.807) is 11.8 Å². The summed E-state index contributed by atoms with van der Waals surface area (Å²) in [5.74, 6) is 0.221. The van der Waals surface area contributed by atoms with Crippen molar-refractivity contribution in [3.8, 4) is 0 Å². The first-order valence-electron chi connectivity index (χ1n) is 7.09. The van der Waals surface area contributed by atoms with E-state index in [1.165, 1.54) is 0 Å². The molecule has 1 fully saturated rings. The van der Waals surface area contributed by atoms with Crippen molar-refractivity contribution in [1.82, 2.24) is 9.80 Å². The monoisotopic (exact) mass is 353 g/mol. The van der Waals surface area contributed by atoms with Crippen LogP contribution < -0.4 is 5.32 Å². The molecule has 1 aromatic carbocycles. The third-order valence-electron chi connectivity index (χ3n) is 3.57. The van der Waals surface area contributed by atoms with Crippen LogP contribution >= 0.6 is 15.9 Å². The zero-order valence-electron chi connectivity index (χ0n) is 12.1. The summed E-state index contributed by atoms with van der Waals surface area (Å²) < 4.78 is 1.01. The van der Waals surface area contributed by atoms with Gasteiger partial charge in [0.05, 0.1) is 0 Å². The highest BCUT2D eigenvalue weighted by atomic mass is 79.9. The van der Waals surface area contributed by atoms with Crippen LogP contribution in [0.3, 0.4) is 0 Å². The summed E-state index contributed by atoms with van der Waals surface area (Å²) in [7, 11) is 0. The number of rotatable bonds is 4. The molecule has 0 radical (unpaired) electrons. The molecule has 1 N–H and O–H groups in total. The second kappa shape index (κ2) is 7.45. The number of nitrogens with zero attached hydrogens (tertiary/aromatic N) is 2. The Morgan fingerprint density at radius 2 is 1.86 bits per heavy atom. The number of piperazine rings is 1. The lowest BCUT2D eigenvalue weighted by molar-refractivity contribution is -0.138. The van der Waals surface area contributed by atoms with Gasteiger partial charge in [-0.3, -0.25) is 9.59 Å². The molecule has 21 heavy (non-hydrogen) atoms. The summed E-state index contributed by atoms with van der Waals surface area (Å²) in [6.07, 6.45) is 0.465. The average Bonchev–Trinajstić information content (AvgIpc) is 2.47. The van der Waals surface area contributed by atoms with Crippen molar-refractivity contribution in [2.45, 2.75) is 13.3 Å². The van der Waals surface area contributed by atoms with Gasteiger partial charge in [-0.25, -0.2) is 0 Å². The number of benzene rings is 1. The first-order chi connectivity index (χ1) is 10.1. The number of carbonyl (C=O) groups is 2. The molecule has 114 valence electrons. The molecule has 0 bridgehead atoms. The van der Waals surface area contributed by atoms with Gasteiger partial charge in [-0.2, -0.15) is 0 Å². The fourth-order valence-corrected chi connectivity index (χ4v) is 2.74. The zero-order chi connectivity index (χ0) is 15.2. The van der Waals surface area contributed by atoms with Crippen LogP contribution in [0.5, 0.6) is 0 Å². The third kappa shape index (κ3) is 4.74. The fraction of sp³-hybridized carbons (Fsp3) is 0.467. The molecule has 0 aromatic heterocycles. The van der Waals surface area contributed by atoms with Crippen LogP contribution in [-0.4, -0.2) is 54.3 Å². The van der Waals surface area contributed by atoms with E-state index in [1.807, 2.05) is 29.2 Å². The van der Waals surface area contributed by atoms with Crippen molar-refractivity contribution in [3.63, 3.8) is 0 Å². The number of carbonyl (C=O) groups excluding carboxylic acids is 2. The van der Waals surface area contributed by atoms with Gasteiger partial charge in [0.1, 0.15) is 0 Å². The molecule has 1 saturated heterocycles. The van der Waals surface area contributed by atoms with E-state index in [0.29, 0.717) is 39.1 Å². The second-order valence-corrected chi connectivity index (χ2v) is 5.99. The second-order valence-electron chi connectivity index (χ2n) is 5.07. The van der Waals surface area contributed by atoms with Gasteiger partial charge in [-0.15, -0.1) is 0 Å². The first kappa shape index (κ1) is 15.8. The van der Waals surface area contributed by atoms with E-state index < -0.39 is 0 Å². The Morgan fingerprint density at radius 1 is 1.19 bits per heavy atom. The topological polar surface area (TPSA) is 52.7 Å². The molecule has 5 nitrogen and oxygen atoms in total. The van der Waals surface area contributed by atoms with Crippen LogP contribution in [0.25, 0.3) is 0 Å². The van der Waals surface area contributed by atoms with Gasteiger partial charge >= 0.3 is 0 Å². The highest BCUT2D eigenvalue weighted by Gasteiger charge is 2.21. The van der Waals surface area contributed by atoms with E-state index in [0.717, 1.165) is 10.2 Å². The first-order valence-corrected chi connectivity index (χ1v) is 7.88. The van der Waals surface area contributed by atoms with Gasteiger partial charge in [0.15, 0.2) is 0 Å². The normalized spacial score (nSPS) is 15.0. The molecular weight excluding hydrogens is 334 g/mol. The van der Waals surface area contributed by atoms with Gasteiger partial charge in [0.25, 0.3) is 0 Å². The average molecular weight is 354 g/mol. The minimum atomic E-state index is 0.0819. The zero-order valence-corrected chi connectivity index (χ0v) is 13.7. The molecule has 0 saturated carbocycles. The summed E-state index contributed by atoms with van der Waals surface area (Å²) in [6.45, 7) is 4.73. The maximum Gasteiger partial charge on any atom is 0.224 e. The lowest BCUT2D eigenvalue weighted by atomic mass is 10.2. The Morgan fingerprint density at radius 3 is 2.48 bits per heavy atom. The van der Waals surface area contributed by atoms with Crippen LogP contribution in [0, 0.1) is 0 Å². The molecule has 1 aliphatic rings. The molecule has 2 rings (SSSR count). The van der Waals surface area contributed by atoms with E-state index in [-0.39, 0.29) is 11.8 Å². The minimum Gasteiger partial charge on any atom is -0.384 e. The third-order valence-corrected chi connectivity index (χ3v) is 4.06. The van der Waals surface area contributed by atoms with Gasteiger partial charge in [-0.05, 0) is 18.2 Å². The minimum absolute atomic E-state index is 0.0819. The van der Waals surface area contributed by atoms with Crippen molar-refractivity contribution in [2.75, 3.05) is 38.0 Å². The predicted octanol–water partition coefficient (Wildman–Crippen LogP) is 1.94. The summed E-state index contributed by atoms with van der Waals surface area (Å²) >= 11 is 3.42. The molecule has 0 atom stereocenters. The summed E-state index contributed by atoms with van der Waals surface area (Å²) in [5.41, 5.74) is 0.999. The highest BCUT2D eigenvalue weighted by molar-refractivity contribution is 9.10. The Kier molecular flexibility index (Phi) is 5.61. The Bertz CT molecular complexity index is 513. The van der Waals surface area contributed by atoms with Gasteiger partial charge < -0.3 is 15.1 Å². The largest absolute Gasteiger partial charge is 0.384 e. The van der Waals surface area contributed by atoms with E-state index in [2.05, 4.69) is 21.2 Å². The standard InChI is InChI=1S/C15H20BrN3O2/c1-12(20)18-7-9-19(10-8-18)15(21)5-6-17-14-4-2-3-13(16)11-14/h2-4,11,17H,5-10H2,1H3. The van der Waals surface area contributed by atoms with Crippen LogP contribution in [0.4, 0.5) is 5.69 Å². The number of halogens is 1. The molecule has 1 heterocycles. The number of hydrogen-bond acceptors (Lipinski definition) is 3. The van der Waals surface area contributed by atoms with Gasteiger partial charge in [0.2, 0.25) is 11.8 Å². The van der Waals surface area contributed by atoms with Crippen molar-refractivity contribution in [3.05, 3.63) is 28.7 Å². The van der Waals surface area contributed by atoms with E-state index in [4.69, 9.17) is 0 Å². The molecule has 0 spiro atoms. The molecule has 0 unspecified atom stereocenters. The quantitative estimate of drug-likeness (QED) is 0.899. The molecule has 6 heteroatoms. The molecule has 1 aromatic rings. The highest BCUT2D eigenvalue weighted by Crippen LogP contribution is 2.15. The Balaban J connectivity index is 1.72. The van der Waals surface area contributed by atoms with Crippen LogP contribution in [-0.2, 0) is 9.59 Å². The van der Waals surface area contributed by atoms with E-state index >= 15 is 0 Å². The molecule has 1 aliphatic heterocycles. The molecule has 2 amide bonds. The summed E-state index contributed by atoms with van der Waals surface area (Å²) in [4.78, 5) is 27.0. The number of anilines is 1. The van der Waals surface area contributed by atoms with Crippen LogP contribution in [0.15, 0.2) is 28.7 Å². The van der Waals surface area contributed by atoms with Gasteiger partial charge in [-0.1, -0.05) is 22.0 Å². The summed E-state index contributed by atoms with van der Waals surface area (Å²) in [5, 5.41) is 3.24. The Hall–Kier alpha value is -1.56. The Labute approximate surface area is 133 Å². The maximum atomic E-state index is 12.1. The number of amides is 2.